The van der Waals surface area contributed by atoms with Gasteiger partial charge in [0.2, 0.25) is 0 Å². The van der Waals surface area contributed by atoms with Crippen LogP contribution in [-0.4, -0.2) is 12.8 Å². The first kappa shape index (κ1) is 5.39. The van der Waals surface area contributed by atoms with Crippen molar-refractivity contribution in [1.82, 2.24) is 0 Å². The molecule has 6 heavy (non-hydrogen) atoms. The van der Waals surface area contributed by atoms with E-state index in [0.29, 0.717) is 0 Å². The maximum atomic E-state index is 5.12. The molecule has 1 saturated heterocycles. The van der Waals surface area contributed by atoms with Gasteiger partial charge >= 0.3 is 0 Å². The van der Waals surface area contributed by atoms with E-state index in [-0.39, 0.29) is 0 Å². The molecule has 4 heteroatoms. The fourth-order valence-electron chi connectivity index (χ4n) is 0.288. The van der Waals surface area contributed by atoms with Gasteiger partial charge in [-0.15, -0.1) is 0 Å². The zero-order valence-electron chi connectivity index (χ0n) is 3.32. The van der Waals surface area contributed by atoms with Crippen LogP contribution in [0.4, 0.5) is 0 Å². The van der Waals surface area contributed by atoms with Crippen molar-refractivity contribution in [1.29, 1.82) is 0 Å². The fourth-order valence-corrected chi connectivity index (χ4v) is 5.01. The molecule has 36 valence electrons. The van der Waals surface area contributed by atoms with Crippen LogP contribution in [-0.2, 0) is 4.52 Å². The summed E-state index contributed by atoms with van der Waals surface area (Å²) in [5.74, 6) is 0. The van der Waals surface area contributed by atoms with Crippen LogP contribution in [0.15, 0.2) is 0 Å². The normalized spacial score (nSPS) is 36.0. The summed E-state index contributed by atoms with van der Waals surface area (Å²) in [4.78, 5) is 0. The molecule has 0 N–H and O–H groups in total. The molecule has 1 aliphatic heterocycles. The Kier molecular flexibility index (Phi) is 2.94. The standard InChI is InChI=1S/C2H7OP3/c1-2-4-6-5-3-1/h4-6H,1-2H2. The van der Waals surface area contributed by atoms with Gasteiger partial charge in [0.15, 0.2) is 0 Å². The van der Waals surface area contributed by atoms with E-state index in [1.54, 1.807) is 0 Å². The highest BCUT2D eigenvalue weighted by molar-refractivity contribution is 8.42. The van der Waals surface area contributed by atoms with E-state index in [4.69, 9.17) is 4.52 Å². The lowest BCUT2D eigenvalue weighted by Crippen LogP contribution is -1.85. The van der Waals surface area contributed by atoms with Crippen LogP contribution in [0.5, 0.6) is 0 Å². The lowest BCUT2D eigenvalue weighted by molar-refractivity contribution is 0.400. The largest absolute Gasteiger partial charge is 0.357 e. The Morgan fingerprint density at radius 1 is 1.50 bits per heavy atom. The van der Waals surface area contributed by atoms with E-state index in [9.17, 15) is 0 Å². The molecule has 0 aromatic rings. The van der Waals surface area contributed by atoms with Crippen molar-refractivity contribution >= 4 is 24.7 Å². The van der Waals surface area contributed by atoms with Crippen molar-refractivity contribution in [3.8, 4) is 0 Å². The molecule has 1 aliphatic rings. The Hall–Kier alpha value is 1.25. The van der Waals surface area contributed by atoms with Crippen molar-refractivity contribution in [2.24, 2.45) is 0 Å². The average molecular weight is 140 g/mol. The third-order valence-corrected chi connectivity index (χ3v) is 6.15. The van der Waals surface area contributed by atoms with Gasteiger partial charge in [0.05, 0.1) is 6.61 Å². The summed E-state index contributed by atoms with van der Waals surface area (Å²) < 4.78 is 5.12. The number of rotatable bonds is 0. The Balaban J connectivity index is 2.00. The van der Waals surface area contributed by atoms with E-state index in [2.05, 4.69) is 0 Å². The van der Waals surface area contributed by atoms with Gasteiger partial charge in [-0.1, -0.05) is 8.27 Å². The Bertz CT molecular complexity index is 24.3. The first-order valence-corrected chi connectivity index (χ1v) is 6.96. The summed E-state index contributed by atoms with van der Waals surface area (Å²) in [5, 5.41) is 0. The van der Waals surface area contributed by atoms with Crippen LogP contribution in [0.25, 0.3) is 0 Å². The Morgan fingerprint density at radius 2 is 2.50 bits per heavy atom. The van der Waals surface area contributed by atoms with Gasteiger partial charge in [0.1, 0.15) is 0 Å². The molecular weight excluding hydrogens is 133 g/mol. The molecular formula is C2H7OP3. The average Bonchev–Trinajstić information content (AvgIpc) is 1.72. The fraction of sp³-hybridized carbons (Fsp3) is 1.00. The summed E-state index contributed by atoms with van der Waals surface area (Å²) in [6, 6.07) is 0. The number of hydrogen-bond donors (Lipinski definition) is 0. The second kappa shape index (κ2) is 3.28. The highest BCUT2D eigenvalue weighted by Gasteiger charge is 1.94. The van der Waals surface area contributed by atoms with Gasteiger partial charge in [0.25, 0.3) is 0 Å². The van der Waals surface area contributed by atoms with E-state index in [0.717, 1.165) is 23.1 Å². The van der Waals surface area contributed by atoms with Crippen molar-refractivity contribution in [3.05, 3.63) is 0 Å². The Labute approximate surface area is 42.8 Å². The molecule has 0 saturated carbocycles. The summed E-state index contributed by atoms with van der Waals surface area (Å²) in [6.07, 6.45) is 1.32. The lowest BCUT2D eigenvalue weighted by Gasteiger charge is -2.08. The minimum Gasteiger partial charge on any atom is -0.357 e. The second-order valence-corrected chi connectivity index (χ2v) is 7.27. The van der Waals surface area contributed by atoms with Gasteiger partial charge in [-0.3, -0.25) is 0 Å². The van der Waals surface area contributed by atoms with E-state index < -0.39 is 0 Å². The summed E-state index contributed by atoms with van der Waals surface area (Å²) in [7, 11) is 3.19. The second-order valence-electron chi connectivity index (χ2n) is 1.00. The molecule has 0 bridgehead atoms. The molecule has 3 atom stereocenters. The lowest BCUT2D eigenvalue weighted by atomic mass is 10.9. The first-order valence-electron chi connectivity index (χ1n) is 1.85. The molecule has 0 radical (unpaired) electrons. The Morgan fingerprint density at radius 3 is 2.67 bits per heavy atom. The van der Waals surface area contributed by atoms with Gasteiger partial charge in [-0.2, -0.15) is 0 Å². The molecule has 1 heterocycles. The third-order valence-electron chi connectivity index (χ3n) is 0.541. The van der Waals surface area contributed by atoms with Gasteiger partial charge in [-0.05, 0) is 14.1 Å². The van der Waals surface area contributed by atoms with Crippen LogP contribution < -0.4 is 0 Å². The van der Waals surface area contributed by atoms with Gasteiger partial charge < -0.3 is 4.52 Å². The highest BCUT2D eigenvalue weighted by Crippen LogP contribution is 2.56. The molecule has 0 aromatic carbocycles. The molecule has 0 amide bonds. The minimum atomic E-state index is 0.842. The van der Waals surface area contributed by atoms with E-state index in [1.807, 2.05) is 0 Å². The SMILES string of the molecule is C1CPPPO1. The predicted octanol–water partition coefficient (Wildman–Crippen LogP) is 1.80. The van der Waals surface area contributed by atoms with Crippen LogP contribution in [0.2, 0.25) is 0 Å². The van der Waals surface area contributed by atoms with E-state index >= 15 is 0 Å². The molecule has 1 nitrogen and oxygen atoms in total. The smallest absolute Gasteiger partial charge is 0.0550 e. The molecule has 0 aromatic heterocycles. The number of hydrogen-bond acceptors (Lipinski definition) is 1. The van der Waals surface area contributed by atoms with Crippen LogP contribution in [0.3, 0.4) is 0 Å². The monoisotopic (exact) mass is 140 g/mol. The highest BCUT2D eigenvalue weighted by atomic mass is 32.4. The van der Waals surface area contributed by atoms with Crippen LogP contribution in [0.1, 0.15) is 0 Å². The predicted molar refractivity (Wildman–Crippen MR) is 35.8 cm³/mol. The quantitative estimate of drug-likeness (QED) is 0.466. The van der Waals surface area contributed by atoms with Crippen LogP contribution >= 0.6 is 24.7 Å². The maximum absolute atomic E-state index is 5.12. The molecule has 1 fully saturated rings. The molecule has 0 aliphatic carbocycles. The summed E-state index contributed by atoms with van der Waals surface area (Å²) >= 11 is 0. The van der Waals surface area contributed by atoms with Gasteiger partial charge in [-0.25, -0.2) is 0 Å². The van der Waals surface area contributed by atoms with Gasteiger partial charge in [0, 0.05) is 8.50 Å². The molecule has 0 spiro atoms. The molecule has 3 unspecified atom stereocenters. The first-order chi connectivity index (χ1) is 3.00. The zero-order valence-corrected chi connectivity index (χ0v) is 6.32. The third kappa shape index (κ3) is 1.80. The van der Waals surface area contributed by atoms with Crippen molar-refractivity contribution in [2.75, 3.05) is 12.8 Å². The molecule has 1 rings (SSSR count). The van der Waals surface area contributed by atoms with Crippen LogP contribution in [0, 0.1) is 0 Å². The van der Waals surface area contributed by atoms with Crippen molar-refractivity contribution in [3.63, 3.8) is 0 Å². The zero-order chi connectivity index (χ0) is 4.24. The van der Waals surface area contributed by atoms with Crippen molar-refractivity contribution in [2.45, 2.75) is 0 Å². The summed E-state index contributed by atoms with van der Waals surface area (Å²) in [6.45, 7) is 1.03. The minimum absolute atomic E-state index is 0.842. The topological polar surface area (TPSA) is 9.23 Å². The van der Waals surface area contributed by atoms with Crippen molar-refractivity contribution < 1.29 is 4.52 Å². The van der Waals surface area contributed by atoms with E-state index in [1.165, 1.54) is 14.4 Å². The maximum Gasteiger partial charge on any atom is 0.0550 e. The summed E-state index contributed by atoms with van der Waals surface area (Å²) in [5.41, 5.74) is 0.